The zero-order valence-electron chi connectivity index (χ0n) is 14.0. The van der Waals surface area contributed by atoms with E-state index in [0.717, 1.165) is 0 Å². The monoisotopic (exact) mass is 372 g/mol. The average Bonchev–Trinajstić information content (AvgIpc) is 3.06. The molecule has 2 unspecified atom stereocenters. The van der Waals surface area contributed by atoms with E-state index < -0.39 is 22.9 Å². The molecule has 0 fully saturated rings. The normalized spacial score (nSPS) is 13.3. The van der Waals surface area contributed by atoms with E-state index in [1.807, 2.05) is 13.0 Å². The molecule has 134 valence electrons. The molecule has 0 bridgehead atoms. The van der Waals surface area contributed by atoms with E-state index in [1.54, 1.807) is 12.1 Å². The van der Waals surface area contributed by atoms with Crippen molar-refractivity contribution in [2.24, 2.45) is 0 Å². The molecule has 0 saturated heterocycles. The van der Waals surface area contributed by atoms with Gasteiger partial charge >= 0.3 is 0 Å². The van der Waals surface area contributed by atoms with Crippen LogP contribution in [-0.2, 0) is 11.0 Å². The molecule has 6 nitrogen and oxygen atoms in total. The number of rotatable bonds is 6. The van der Waals surface area contributed by atoms with Crippen molar-refractivity contribution >= 4 is 27.7 Å². The van der Waals surface area contributed by atoms with Gasteiger partial charge in [0.1, 0.15) is 28.8 Å². The molecule has 3 N–H and O–H groups in total. The Morgan fingerprint density at radius 1 is 1.46 bits per heavy atom. The molecule has 0 amide bonds. The van der Waals surface area contributed by atoms with E-state index in [-0.39, 0.29) is 11.3 Å². The van der Waals surface area contributed by atoms with Crippen molar-refractivity contribution in [1.82, 2.24) is 9.97 Å². The number of hydrogen-bond donors (Lipinski definition) is 3. The van der Waals surface area contributed by atoms with E-state index in [1.165, 1.54) is 24.5 Å². The van der Waals surface area contributed by atoms with E-state index in [2.05, 4.69) is 14.7 Å². The van der Waals surface area contributed by atoms with Gasteiger partial charge in [-0.15, -0.1) is 0 Å². The first-order valence-corrected chi connectivity index (χ1v) is 9.35. The smallest absolute Gasteiger partial charge is 0.153 e. The summed E-state index contributed by atoms with van der Waals surface area (Å²) in [5.74, 6) is -0.264. The van der Waals surface area contributed by atoms with Gasteiger partial charge in [0.05, 0.1) is 11.3 Å². The lowest BCUT2D eigenvalue weighted by Gasteiger charge is -2.14. The zero-order valence-corrected chi connectivity index (χ0v) is 14.8. The van der Waals surface area contributed by atoms with E-state index in [4.69, 9.17) is 5.26 Å². The van der Waals surface area contributed by atoms with Gasteiger partial charge in [-0.3, -0.25) is 0 Å². The number of halogens is 1. The number of anilines is 1. The second kappa shape index (κ2) is 7.64. The van der Waals surface area contributed by atoms with Crippen LogP contribution >= 0.6 is 0 Å². The number of nitriles is 1. The topological polar surface area (TPSA) is 102 Å². The summed E-state index contributed by atoms with van der Waals surface area (Å²) in [4.78, 5) is 7.02. The Morgan fingerprint density at radius 2 is 2.27 bits per heavy atom. The maximum atomic E-state index is 14.8. The van der Waals surface area contributed by atoms with Crippen LogP contribution in [0.4, 0.5) is 10.1 Å². The third-order valence-corrected chi connectivity index (χ3v) is 5.15. The number of aliphatic hydroxyl groups is 1. The lowest BCUT2D eigenvalue weighted by molar-refractivity contribution is 0.216. The molecule has 0 aliphatic rings. The fraction of sp³-hybridized carbons (Fsp3) is 0.222. The Balaban J connectivity index is 1.99. The molecule has 3 aromatic rings. The second-order valence-electron chi connectivity index (χ2n) is 5.74. The standard InChI is InChI=1S/C18H17FN4O2S/c1-2-6-26(25)23-15-5-3-4-12(16(15)19)17(24)14-10-22-18-13(14)7-11(8-20)9-21-18/h3-5,7,9-10,17,23-24H,2,6H2,1H3,(H,21,22). The predicted octanol–water partition coefficient (Wildman–Crippen LogP) is 3.14. The first-order valence-electron chi connectivity index (χ1n) is 8.03. The van der Waals surface area contributed by atoms with Gasteiger partial charge in [0.25, 0.3) is 0 Å². The highest BCUT2D eigenvalue weighted by molar-refractivity contribution is 7.86. The molecule has 2 atom stereocenters. The number of pyridine rings is 1. The maximum absolute atomic E-state index is 14.8. The molecule has 2 heterocycles. The Kier molecular flexibility index (Phi) is 5.30. The first kappa shape index (κ1) is 18.0. The Labute approximate surface area is 152 Å². The second-order valence-corrected chi connectivity index (χ2v) is 7.04. The fourth-order valence-corrected chi connectivity index (χ4v) is 3.55. The van der Waals surface area contributed by atoms with Gasteiger partial charge in [0, 0.05) is 34.7 Å². The number of aromatic amines is 1. The predicted molar refractivity (Wildman–Crippen MR) is 98.2 cm³/mol. The van der Waals surface area contributed by atoms with Crippen molar-refractivity contribution in [3.8, 4) is 6.07 Å². The first-order chi connectivity index (χ1) is 12.5. The minimum absolute atomic E-state index is 0.0479. The average molecular weight is 372 g/mol. The third-order valence-electron chi connectivity index (χ3n) is 3.92. The summed E-state index contributed by atoms with van der Waals surface area (Å²) in [7, 11) is -1.39. The number of benzene rings is 1. The van der Waals surface area contributed by atoms with Gasteiger partial charge in [-0.2, -0.15) is 5.26 Å². The van der Waals surface area contributed by atoms with Crippen LogP contribution < -0.4 is 4.72 Å². The number of H-pyrrole nitrogens is 1. The lowest BCUT2D eigenvalue weighted by Crippen LogP contribution is -2.11. The Morgan fingerprint density at radius 3 is 3.00 bits per heavy atom. The van der Waals surface area contributed by atoms with Crippen LogP contribution in [0.2, 0.25) is 0 Å². The van der Waals surface area contributed by atoms with E-state index >= 15 is 0 Å². The molecule has 0 saturated carbocycles. The van der Waals surface area contributed by atoms with Crippen molar-refractivity contribution in [3.63, 3.8) is 0 Å². The molecular weight excluding hydrogens is 355 g/mol. The molecule has 3 rings (SSSR count). The van der Waals surface area contributed by atoms with Crippen molar-refractivity contribution in [2.75, 3.05) is 10.5 Å². The minimum Gasteiger partial charge on any atom is -0.383 e. The van der Waals surface area contributed by atoms with Gasteiger partial charge in [0.15, 0.2) is 5.82 Å². The van der Waals surface area contributed by atoms with E-state index in [0.29, 0.717) is 34.3 Å². The summed E-state index contributed by atoms with van der Waals surface area (Å²) < 4.78 is 29.3. The summed E-state index contributed by atoms with van der Waals surface area (Å²) in [5, 5.41) is 20.3. The largest absolute Gasteiger partial charge is 0.383 e. The van der Waals surface area contributed by atoms with Crippen LogP contribution in [0.15, 0.2) is 36.7 Å². The van der Waals surface area contributed by atoms with Crippen molar-refractivity contribution in [3.05, 3.63) is 59.2 Å². The van der Waals surface area contributed by atoms with Gasteiger partial charge in [-0.1, -0.05) is 19.1 Å². The van der Waals surface area contributed by atoms with Crippen molar-refractivity contribution in [1.29, 1.82) is 5.26 Å². The molecule has 0 spiro atoms. The van der Waals surface area contributed by atoms with Crippen LogP contribution in [0, 0.1) is 17.1 Å². The Hall–Kier alpha value is -2.76. The van der Waals surface area contributed by atoms with Crippen molar-refractivity contribution < 1.29 is 13.7 Å². The lowest BCUT2D eigenvalue weighted by atomic mass is 10.00. The van der Waals surface area contributed by atoms with Gasteiger partial charge in [-0.05, 0) is 18.6 Å². The number of fused-ring (bicyclic) bond motifs is 1. The molecule has 0 aliphatic carbocycles. The molecule has 0 radical (unpaired) electrons. The minimum atomic E-state index is -1.39. The number of nitrogens with zero attached hydrogens (tertiary/aromatic N) is 2. The molecule has 8 heteroatoms. The SMILES string of the molecule is CCCS(=O)Nc1cccc(C(O)c2c[nH]c3ncc(C#N)cc23)c1F. The van der Waals surface area contributed by atoms with E-state index in [9.17, 15) is 13.7 Å². The number of aromatic nitrogens is 2. The summed E-state index contributed by atoms with van der Waals surface area (Å²) in [6, 6.07) is 8.11. The van der Waals surface area contributed by atoms with Crippen LogP contribution in [0.1, 0.15) is 36.1 Å². The quantitative estimate of drug-likeness (QED) is 0.618. The summed E-state index contributed by atoms with van der Waals surface area (Å²) in [5.41, 5.74) is 1.37. The molecule has 26 heavy (non-hydrogen) atoms. The molecular formula is C18H17FN4O2S. The van der Waals surface area contributed by atoms with Gasteiger partial charge in [0.2, 0.25) is 0 Å². The Bertz CT molecular complexity index is 1010. The van der Waals surface area contributed by atoms with Crippen molar-refractivity contribution in [2.45, 2.75) is 19.4 Å². The molecule has 1 aromatic carbocycles. The third kappa shape index (κ3) is 3.45. The number of nitrogens with one attached hydrogen (secondary N) is 2. The fourth-order valence-electron chi connectivity index (χ4n) is 2.68. The highest BCUT2D eigenvalue weighted by Gasteiger charge is 2.21. The zero-order chi connectivity index (χ0) is 18.7. The highest BCUT2D eigenvalue weighted by Crippen LogP contribution is 2.32. The van der Waals surface area contributed by atoms with Crippen LogP contribution in [0.25, 0.3) is 11.0 Å². The van der Waals surface area contributed by atoms with Gasteiger partial charge < -0.3 is 14.8 Å². The van der Waals surface area contributed by atoms with Crippen LogP contribution in [-0.4, -0.2) is 25.0 Å². The summed E-state index contributed by atoms with van der Waals surface area (Å²) in [6.45, 7) is 1.89. The molecule has 0 aliphatic heterocycles. The van der Waals surface area contributed by atoms with Crippen LogP contribution in [0.5, 0.6) is 0 Å². The summed E-state index contributed by atoms with van der Waals surface area (Å²) >= 11 is 0. The highest BCUT2D eigenvalue weighted by atomic mass is 32.2. The van der Waals surface area contributed by atoms with Gasteiger partial charge in [-0.25, -0.2) is 13.6 Å². The number of hydrogen-bond acceptors (Lipinski definition) is 4. The van der Waals surface area contributed by atoms with Crippen LogP contribution in [0.3, 0.4) is 0 Å². The summed E-state index contributed by atoms with van der Waals surface area (Å²) in [6.07, 6.45) is 2.40. The number of aliphatic hydroxyl groups excluding tert-OH is 1. The maximum Gasteiger partial charge on any atom is 0.153 e. The molecule has 2 aromatic heterocycles.